The Labute approximate surface area is 105 Å². The van der Waals surface area contributed by atoms with E-state index in [1.807, 2.05) is 13.8 Å². The molecule has 0 N–H and O–H groups in total. The van der Waals surface area contributed by atoms with E-state index < -0.39 is 0 Å². The molecule has 0 fully saturated rings. The van der Waals surface area contributed by atoms with Crippen LogP contribution < -0.4 is 58.2 Å². The Kier molecular flexibility index (Phi) is 4.55. The molecule has 40 valence electrons. The molecule has 0 aromatic carbocycles. The first-order valence-corrected chi connectivity index (χ1v) is 2.40. The van der Waals surface area contributed by atoms with Crippen molar-refractivity contribution in [1.29, 1.82) is 0 Å². The van der Waals surface area contributed by atoms with Crippen molar-refractivity contribution in [2.75, 3.05) is 0 Å². The third-order valence-corrected chi connectivity index (χ3v) is 1.21. The topological polar surface area (TPSA) is 17.8 Å². The maximum absolute atomic E-state index is 5.34. The van der Waals surface area contributed by atoms with Crippen LogP contribution in [0.1, 0.15) is 11.4 Å². The number of nitrogens with zero attached hydrogens (tertiary/aromatic N) is 2. The van der Waals surface area contributed by atoms with Gasteiger partial charge in [0, 0.05) is 0 Å². The number of aryl methyl sites for hydroxylation is 1. The summed E-state index contributed by atoms with van der Waals surface area (Å²) < 4.78 is 1.38. The maximum atomic E-state index is 5.34. The molecule has 0 spiro atoms. The van der Waals surface area contributed by atoms with Crippen molar-refractivity contribution in [2.45, 2.75) is 13.8 Å². The van der Waals surface area contributed by atoms with Gasteiger partial charge in [0.25, 0.3) is 0 Å². The Bertz CT molecular complexity index is 177. The van der Waals surface area contributed by atoms with Gasteiger partial charge < -0.3 is 9.46 Å². The first-order valence-electron chi connectivity index (χ1n) is 2.40. The number of rotatable bonds is 0. The van der Waals surface area contributed by atoms with Crippen LogP contribution in [0.4, 0.5) is 0 Å². The van der Waals surface area contributed by atoms with Crippen molar-refractivity contribution in [2.24, 2.45) is 0 Å². The molecule has 0 saturated heterocycles. The first kappa shape index (κ1) is 10.1. The standard InChI is InChI=1S/C5H6BN2.Rb/c1-4-5(2)8(6)3-7-4;/h1-2H3;/q-1;+1. The van der Waals surface area contributed by atoms with Gasteiger partial charge in [0.1, 0.15) is 0 Å². The van der Waals surface area contributed by atoms with E-state index in [0.29, 0.717) is 0 Å². The molecule has 1 aromatic heterocycles. The van der Waals surface area contributed by atoms with Crippen molar-refractivity contribution < 1.29 is 58.2 Å². The Balaban J connectivity index is 0.000000640. The number of aromatic nitrogens is 2. The van der Waals surface area contributed by atoms with Gasteiger partial charge in [-0.05, 0) is 6.33 Å². The SMILES string of the molecule is [B]n1[c-]nc(C)c1C.[Rb+]. The van der Waals surface area contributed by atoms with Crippen LogP contribution in [0.5, 0.6) is 0 Å². The van der Waals surface area contributed by atoms with Crippen LogP contribution in [0.15, 0.2) is 0 Å². The zero-order valence-corrected chi connectivity index (χ0v) is 10.9. The van der Waals surface area contributed by atoms with E-state index in [1.165, 1.54) is 4.48 Å². The van der Waals surface area contributed by atoms with Gasteiger partial charge >= 0.3 is 58.2 Å². The quantitative estimate of drug-likeness (QED) is 0.320. The van der Waals surface area contributed by atoms with Crippen LogP contribution >= 0.6 is 0 Å². The molecule has 1 heterocycles. The second kappa shape index (κ2) is 4.06. The fourth-order valence-corrected chi connectivity index (χ4v) is 0.459. The fourth-order valence-electron chi connectivity index (χ4n) is 0.459. The van der Waals surface area contributed by atoms with Crippen molar-refractivity contribution in [3.05, 3.63) is 17.7 Å². The number of imidazole rings is 1. The summed E-state index contributed by atoms with van der Waals surface area (Å²) in [4.78, 5) is 3.83. The molecule has 0 bridgehead atoms. The molecule has 2 radical (unpaired) electrons. The molecule has 0 atom stereocenters. The second-order valence-corrected chi connectivity index (χ2v) is 1.75. The summed E-state index contributed by atoms with van der Waals surface area (Å²) in [5, 5.41) is 0. The van der Waals surface area contributed by atoms with E-state index in [0.717, 1.165) is 11.4 Å². The zero-order chi connectivity index (χ0) is 6.15. The summed E-state index contributed by atoms with van der Waals surface area (Å²) in [5.41, 5.74) is 1.90. The maximum Gasteiger partial charge on any atom is 1.00 e. The van der Waals surface area contributed by atoms with Crippen LogP contribution in [0, 0.1) is 20.2 Å². The molecular formula is C5H6BN2Rb. The molecule has 0 aliphatic heterocycles. The summed E-state index contributed by atoms with van der Waals surface area (Å²) in [5.74, 6) is 0. The van der Waals surface area contributed by atoms with E-state index in [4.69, 9.17) is 7.98 Å². The summed E-state index contributed by atoms with van der Waals surface area (Å²) in [6.45, 7) is 3.80. The molecule has 2 nitrogen and oxygen atoms in total. The molecule has 4 heteroatoms. The first-order chi connectivity index (χ1) is 3.72. The van der Waals surface area contributed by atoms with Gasteiger partial charge in [-0.1, -0.05) is 19.5 Å². The van der Waals surface area contributed by atoms with Crippen molar-refractivity contribution in [3.63, 3.8) is 0 Å². The van der Waals surface area contributed by atoms with Crippen molar-refractivity contribution >= 4 is 7.98 Å². The van der Waals surface area contributed by atoms with Crippen LogP contribution in [0.25, 0.3) is 0 Å². The molecule has 0 aliphatic carbocycles. The summed E-state index contributed by atoms with van der Waals surface area (Å²) >= 11 is 0. The van der Waals surface area contributed by atoms with E-state index in [1.54, 1.807) is 0 Å². The normalized spacial score (nSPS) is 8.67. The third kappa shape index (κ3) is 2.30. The zero-order valence-electron chi connectivity index (χ0n) is 5.97. The Hall–Kier alpha value is 1.08. The molecule has 0 unspecified atom stereocenters. The van der Waals surface area contributed by atoms with Gasteiger partial charge in [0.2, 0.25) is 7.98 Å². The Morgan fingerprint density at radius 2 is 2.11 bits per heavy atom. The Morgan fingerprint density at radius 3 is 2.22 bits per heavy atom. The Morgan fingerprint density at radius 1 is 1.56 bits per heavy atom. The molecule has 0 saturated carbocycles. The van der Waals surface area contributed by atoms with Gasteiger partial charge in [0.15, 0.2) is 0 Å². The largest absolute Gasteiger partial charge is 1.00 e. The predicted octanol–water partition coefficient (Wildman–Crippen LogP) is -2.76. The third-order valence-electron chi connectivity index (χ3n) is 1.21. The molecule has 1 rings (SSSR count). The fraction of sp³-hybridized carbons (Fsp3) is 0.400. The van der Waals surface area contributed by atoms with Crippen LogP contribution in [0.3, 0.4) is 0 Å². The average molecular weight is 190 g/mol. The molecule has 0 aliphatic rings. The van der Waals surface area contributed by atoms with Gasteiger partial charge in [-0.2, -0.15) is 0 Å². The minimum Gasteiger partial charge on any atom is -0.507 e. The summed E-state index contributed by atoms with van der Waals surface area (Å²) in [6, 6.07) is 0. The monoisotopic (exact) mass is 190 g/mol. The predicted molar refractivity (Wildman–Crippen MR) is 31.7 cm³/mol. The minimum absolute atomic E-state index is 0. The average Bonchev–Trinajstić information content (AvgIpc) is 1.98. The van der Waals surface area contributed by atoms with E-state index in [-0.39, 0.29) is 58.2 Å². The van der Waals surface area contributed by atoms with Gasteiger partial charge in [-0.25, -0.2) is 0 Å². The van der Waals surface area contributed by atoms with Gasteiger partial charge in [-0.15, -0.1) is 5.69 Å². The smallest absolute Gasteiger partial charge is 0.507 e. The van der Waals surface area contributed by atoms with Crippen molar-refractivity contribution in [1.82, 2.24) is 9.46 Å². The molecule has 0 amide bonds. The number of hydrogen-bond donors (Lipinski definition) is 0. The van der Waals surface area contributed by atoms with Crippen LogP contribution in [0.2, 0.25) is 0 Å². The molecule has 9 heavy (non-hydrogen) atoms. The minimum atomic E-state index is 0. The van der Waals surface area contributed by atoms with Crippen molar-refractivity contribution in [3.8, 4) is 0 Å². The summed E-state index contributed by atoms with van der Waals surface area (Å²) in [6.07, 6.45) is 2.58. The van der Waals surface area contributed by atoms with Gasteiger partial charge in [0.05, 0.1) is 0 Å². The number of hydrogen-bond acceptors (Lipinski definition) is 1. The molecule has 1 aromatic rings. The molecular weight excluding hydrogens is 184 g/mol. The van der Waals surface area contributed by atoms with Crippen LogP contribution in [-0.4, -0.2) is 17.4 Å². The van der Waals surface area contributed by atoms with Crippen LogP contribution in [-0.2, 0) is 0 Å². The van der Waals surface area contributed by atoms with Gasteiger partial charge in [-0.3, -0.25) is 0 Å². The van der Waals surface area contributed by atoms with E-state index >= 15 is 0 Å². The second-order valence-electron chi connectivity index (χ2n) is 1.75. The summed E-state index contributed by atoms with van der Waals surface area (Å²) in [7, 11) is 5.34. The van der Waals surface area contributed by atoms with E-state index in [2.05, 4.69) is 11.3 Å². The van der Waals surface area contributed by atoms with E-state index in [9.17, 15) is 0 Å².